The van der Waals surface area contributed by atoms with E-state index in [4.69, 9.17) is 9.72 Å². The first-order valence-electron chi connectivity index (χ1n) is 11.2. The standard InChI is InChI=1S/C26H32N2O2S/c1-20-8-6-9-22(18-20)19-28-15-7-13-26(29,14-16-28)25-27-21(2)24(31-25)12-17-30-23-10-4-3-5-11-23/h3-6,8-11,18,29H,7,12-17,19H2,1-2H3. The average molecular weight is 437 g/mol. The summed E-state index contributed by atoms with van der Waals surface area (Å²) in [5.74, 6) is 0.890. The van der Waals surface area contributed by atoms with Gasteiger partial charge in [-0.15, -0.1) is 11.3 Å². The lowest BCUT2D eigenvalue weighted by atomic mass is 9.96. The molecular formula is C26H32N2O2S. The molecule has 0 aliphatic carbocycles. The van der Waals surface area contributed by atoms with Gasteiger partial charge in [-0.1, -0.05) is 48.0 Å². The lowest BCUT2D eigenvalue weighted by Gasteiger charge is -2.25. The van der Waals surface area contributed by atoms with Crippen molar-refractivity contribution in [3.63, 3.8) is 0 Å². The number of nitrogens with zero attached hydrogens (tertiary/aromatic N) is 2. The summed E-state index contributed by atoms with van der Waals surface area (Å²) in [6.45, 7) is 7.64. The van der Waals surface area contributed by atoms with Crippen molar-refractivity contribution in [1.82, 2.24) is 9.88 Å². The van der Waals surface area contributed by atoms with Crippen molar-refractivity contribution in [2.45, 2.75) is 51.7 Å². The number of rotatable bonds is 7. The van der Waals surface area contributed by atoms with Gasteiger partial charge in [-0.3, -0.25) is 4.90 Å². The summed E-state index contributed by atoms with van der Waals surface area (Å²) in [4.78, 5) is 8.46. The molecule has 4 rings (SSSR count). The monoisotopic (exact) mass is 436 g/mol. The average Bonchev–Trinajstić information content (AvgIpc) is 3.03. The number of aliphatic hydroxyl groups is 1. The molecule has 1 aromatic heterocycles. The van der Waals surface area contributed by atoms with Gasteiger partial charge >= 0.3 is 0 Å². The van der Waals surface area contributed by atoms with Crippen molar-refractivity contribution in [3.8, 4) is 5.75 Å². The largest absolute Gasteiger partial charge is 0.493 e. The summed E-state index contributed by atoms with van der Waals surface area (Å²) in [5.41, 5.74) is 2.84. The molecule has 1 saturated heterocycles. The zero-order valence-electron chi connectivity index (χ0n) is 18.5. The second kappa shape index (κ2) is 9.94. The van der Waals surface area contributed by atoms with E-state index in [-0.39, 0.29) is 0 Å². The van der Waals surface area contributed by atoms with Gasteiger partial charge in [0.1, 0.15) is 16.4 Å². The van der Waals surface area contributed by atoms with Crippen molar-refractivity contribution in [3.05, 3.63) is 81.3 Å². The number of benzene rings is 2. The van der Waals surface area contributed by atoms with Crippen molar-refractivity contribution in [1.29, 1.82) is 0 Å². The molecule has 3 aromatic rings. The van der Waals surface area contributed by atoms with E-state index < -0.39 is 5.60 Å². The molecule has 1 N–H and O–H groups in total. The zero-order valence-corrected chi connectivity index (χ0v) is 19.3. The maximum Gasteiger partial charge on any atom is 0.125 e. The fourth-order valence-corrected chi connectivity index (χ4v) is 5.44. The maximum absolute atomic E-state index is 11.5. The van der Waals surface area contributed by atoms with Gasteiger partial charge in [0, 0.05) is 24.4 Å². The summed E-state index contributed by atoms with van der Waals surface area (Å²) in [5, 5.41) is 12.4. The van der Waals surface area contributed by atoms with E-state index in [1.54, 1.807) is 11.3 Å². The maximum atomic E-state index is 11.5. The molecule has 31 heavy (non-hydrogen) atoms. The highest BCUT2D eigenvalue weighted by Crippen LogP contribution is 2.37. The number of ether oxygens (including phenoxy) is 1. The minimum Gasteiger partial charge on any atom is -0.493 e. The Morgan fingerprint density at radius 1 is 1.06 bits per heavy atom. The Morgan fingerprint density at radius 3 is 2.71 bits per heavy atom. The SMILES string of the molecule is Cc1cccc(CN2CCCC(O)(c3nc(C)c(CCOc4ccccc4)s3)CC2)c1. The topological polar surface area (TPSA) is 45.6 Å². The Balaban J connectivity index is 1.36. The number of aryl methyl sites for hydroxylation is 2. The number of thiazole rings is 1. The van der Waals surface area contributed by atoms with Gasteiger partial charge < -0.3 is 9.84 Å². The Bertz CT molecular complexity index is 988. The van der Waals surface area contributed by atoms with Crippen molar-refractivity contribution in [2.75, 3.05) is 19.7 Å². The summed E-state index contributed by atoms with van der Waals surface area (Å²) in [6.07, 6.45) is 3.29. The molecule has 1 aliphatic rings. The second-order valence-electron chi connectivity index (χ2n) is 8.59. The molecule has 0 saturated carbocycles. The highest BCUT2D eigenvalue weighted by Gasteiger charge is 2.35. The Hall–Kier alpha value is -2.21. The van der Waals surface area contributed by atoms with Crippen LogP contribution in [0.1, 0.15) is 46.0 Å². The molecule has 1 aliphatic heterocycles. The highest BCUT2D eigenvalue weighted by molar-refractivity contribution is 7.11. The quantitative estimate of drug-likeness (QED) is 0.549. The van der Waals surface area contributed by atoms with Gasteiger partial charge in [-0.2, -0.15) is 0 Å². The van der Waals surface area contributed by atoms with Crippen LogP contribution in [0.2, 0.25) is 0 Å². The molecule has 164 valence electrons. The Labute approximate surface area is 189 Å². The fraction of sp³-hybridized carbons (Fsp3) is 0.423. The molecule has 2 aromatic carbocycles. The Morgan fingerprint density at radius 2 is 1.90 bits per heavy atom. The smallest absolute Gasteiger partial charge is 0.125 e. The molecule has 1 unspecified atom stereocenters. The third-order valence-electron chi connectivity index (χ3n) is 6.03. The predicted octanol–water partition coefficient (Wildman–Crippen LogP) is 5.26. The third-order valence-corrected chi connectivity index (χ3v) is 7.44. The van der Waals surface area contributed by atoms with E-state index in [1.165, 1.54) is 16.0 Å². The van der Waals surface area contributed by atoms with Crippen LogP contribution in [0.4, 0.5) is 0 Å². The van der Waals surface area contributed by atoms with Crippen LogP contribution in [0.5, 0.6) is 5.75 Å². The number of para-hydroxylation sites is 1. The van der Waals surface area contributed by atoms with E-state index >= 15 is 0 Å². The molecule has 1 atom stereocenters. The Kier molecular flexibility index (Phi) is 7.06. The molecule has 2 heterocycles. The minimum atomic E-state index is -0.824. The lowest BCUT2D eigenvalue weighted by Crippen LogP contribution is -2.29. The van der Waals surface area contributed by atoms with Crippen LogP contribution in [0.3, 0.4) is 0 Å². The lowest BCUT2D eigenvalue weighted by molar-refractivity contribution is 0.0207. The summed E-state index contributed by atoms with van der Waals surface area (Å²) >= 11 is 1.66. The van der Waals surface area contributed by atoms with Crippen LogP contribution in [-0.2, 0) is 18.6 Å². The predicted molar refractivity (Wildman–Crippen MR) is 127 cm³/mol. The van der Waals surface area contributed by atoms with Crippen LogP contribution < -0.4 is 4.74 Å². The normalized spacial score (nSPS) is 19.8. The highest BCUT2D eigenvalue weighted by atomic mass is 32.1. The first-order valence-corrected chi connectivity index (χ1v) is 12.0. The van der Waals surface area contributed by atoms with E-state index in [9.17, 15) is 5.11 Å². The van der Waals surface area contributed by atoms with Crippen LogP contribution in [0.25, 0.3) is 0 Å². The summed E-state index contributed by atoms with van der Waals surface area (Å²) < 4.78 is 5.85. The van der Waals surface area contributed by atoms with Gasteiger partial charge in [0.05, 0.1) is 12.3 Å². The summed E-state index contributed by atoms with van der Waals surface area (Å²) in [6, 6.07) is 18.6. The van der Waals surface area contributed by atoms with Gasteiger partial charge in [0.2, 0.25) is 0 Å². The molecular weight excluding hydrogens is 404 g/mol. The van der Waals surface area contributed by atoms with Crippen LogP contribution in [-0.4, -0.2) is 34.7 Å². The van der Waals surface area contributed by atoms with Crippen LogP contribution in [0.15, 0.2) is 54.6 Å². The first-order chi connectivity index (χ1) is 15.0. The molecule has 0 amide bonds. The number of likely N-dealkylation sites (tertiary alicyclic amines) is 1. The van der Waals surface area contributed by atoms with Gasteiger partial charge in [-0.05, 0) is 57.4 Å². The van der Waals surface area contributed by atoms with Crippen molar-refractivity contribution >= 4 is 11.3 Å². The molecule has 4 nitrogen and oxygen atoms in total. The van der Waals surface area contributed by atoms with Gasteiger partial charge in [-0.25, -0.2) is 4.98 Å². The number of hydrogen-bond donors (Lipinski definition) is 1. The summed E-state index contributed by atoms with van der Waals surface area (Å²) in [7, 11) is 0. The molecule has 5 heteroatoms. The van der Waals surface area contributed by atoms with Crippen LogP contribution >= 0.6 is 11.3 Å². The van der Waals surface area contributed by atoms with Crippen LogP contribution in [0, 0.1) is 13.8 Å². The van der Waals surface area contributed by atoms with E-state index in [1.807, 2.05) is 37.3 Å². The van der Waals surface area contributed by atoms with E-state index in [0.717, 1.165) is 61.8 Å². The molecule has 1 fully saturated rings. The number of hydrogen-bond acceptors (Lipinski definition) is 5. The second-order valence-corrected chi connectivity index (χ2v) is 9.67. The minimum absolute atomic E-state index is 0.620. The van der Waals surface area contributed by atoms with E-state index in [2.05, 4.69) is 36.1 Å². The van der Waals surface area contributed by atoms with Gasteiger partial charge in [0.25, 0.3) is 0 Å². The number of aromatic nitrogens is 1. The van der Waals surface area contributed by atoms with Gasteiger partial charge in [0.15, 0.2) is 0 Å². The van der Waals surface area contributed by atoms with Crippen molar-refractivity contribution in [2.24, 2.45) is 0 Å². The molecule has 0 radical (unpaired) electrons. The third kappa shape index (κ3) is 5.73. The fourth-order valence-electron chi connectivity index (χ4n) is 4.25. The molecule has 0 bridgehead atoms. The zero-order chi connectivity index (χ0) is 21.7. The van der Waals surface area contributed by atoms with Crippen molar-refractivity contribution < 1.29 is 9.84 Å². The van der Waals surface area contributed by atoms with E-state index in [0.29, 0.717) is 6.61 Å². The first kappa shape index (κ1) is 22.0. The molecule has 0 spiro atoms.